The van der Waals surface area contributed by atoms with Gasteiger partial charge in [0.25, 0.3) is 0 Å². The second kappa shape index (κ2) is 74.5. The van der Waals surface area contributed by atoms with E-state index in [0.717, 1.165) is 128 Å². The highest BCUT2D eigenvalue weighted by molar-refractivity contribution is 7.47. The van der Waals surface area contributed by atoms with Gasteiger partial charge in [-0.3, -0.25) is 37.3 Å². The number of carbonyl (C=O) groups excluding carboxylic acids is 4. The highest BCUT2D eigenvalue weighted by Gasteiger charge is 2.30. The normalized spacial score (nSPS) is 14.0. The van der Waals surface area contributed by atoms with Crippen LogP contribution in [0.1, 0.15) is 400 Å². The minimum Gasteiger partial charge on any atom is -0.462 e. The average molecular weight is 1460 g/mol. The maximum Gasteiger partial charge on any atom is 0.472 e. The number of allylic oxidation sites excluding steroid dienone is 6. The van der Waals surface area contributed by atoms with E-state index in [1.54, 1.807) is 0 Å². The smallest absolute Gasteiger partial charge is 0.462 e. The summed E-state index contributed by atoms with van der Waals surface area (Å²) in [5.41, 5.74) is 0. The lowest BCUT2D eigenvalue weighted by Gasteiger charge is -2.21. The van der Waals surface area contributed by atoms with Crippen molar-refractivity contribution in [2.75, 3.05) is 39.6 Å². The highest BCUT2D eigenvalue weighted by atomic mass is 31.2. The molecular weight excluding hydrogens is 1310 g/mol. The third-order valence-electron chi connectivity index (χ3n) is 18.1. The molecule has 0 aliphatic carbocycles. The molecule has 5 atom stereocenters. The second-order valence-corrected chi connectivity index (χ2v) is 31.0. The zero-order chi connectivity index (χ0) is 73.2. The molecule has 0 rings (SSSR count). The number of aliphatic hydroxyl groups excluding tert-OH is 1. The Morgan fingerprint density at radius 2 is 0.490 bits per heavy atom. The number of ether oxygens (including phenoxy) is 4. The summed E-state index contributed by atoms with van der Waals surface area (Å²) in [6.07, 6.45) is 71.1. The number of phosphoric ester groups is 2. The molecule has 0 radical (unpaired) electrons. The first-order valence-corrected chi connectivity index (χ1v) is 44.2. The fraction of sp³-hybridized carbons (Fsp3) is 0.877. The molecule has 0 saturated heterocycles. The Balaban J connectivity index is 5.30. The maximum absolute atomic E-state index is 13.1. The van der Waals surface area contributed by atoms with Gasteiger partial charge in [0.15, 0.2) is 12.2 Å². The summed E-state index contributed by atoms with van der Waals surface area (Å²) in [7, 11) is -9.94. The number of esters is 4. The van der Waals surface area contributed by atoms with Crippen molar-refractivity contribution in [3.63, 3.8) is 0 Å². The van der Waals surface area contributed by atoms with E-state index < -0.39 is 97.5 Å². The molecule has 0 fully saturated rings. The molecule has 0 aliphatic heterocycles. The van der Waals surface area contributed by atoms with Crippen molar-refractivity contribution < 1.29 is 80.2 Å². The summed E-state index contributed by atoms with van der Waals surface area (Å²) < 4.78 is 68.7. The van der Waals surface area contributed by atoms with Crippen LogP contribution in [-0.4, -0.2) is 96.7 Å². The third-order valence-corrected chi connectivity index (χ3v) is 20.0. The van der Waals surface area contributed by atoms with E-state index in [0.29, 0.717) is 25.7 Å². The lowest BCUT2D eigenvalue weighted by Crippen LogP contribution is -2.30. The van der Waals surface area contributed by atoms with Crippen LogP contribution in [0.2, 0.25) is 0 Å². The van der Waals surface area contributed by atoms with Gasteiger partial charge in [-0.2, -0.15) is 0 Å². The van der Waals surface area contributed by atoms with Gasteiger partial charge in [0.2, 0.25) is 0 Å². The Labute approximate surface area is 611 Å². The van der Waals surface area contributed by atoms with Crippen LogP contribution in [-0.2, 0) is 65.4 Å². The van der Waals surface area contributed by atoms with Gasteiger partial charge in [0.05, 0.1) is 26.4 Å². The van der Waals surface area contributed by atoms with Crippen molar-refractivity contribution in [3.8, 4) is 0 Å². The standard InChI is InChI=1S/C81H152O17P2/c1-5-9-13-17-21-25-29-33-36-37-40-43-46-50-54-58-62-66-79(84)92-71-76(97-80(85)67-63-59-55-51-47-41-32-28-24-20-16-12-8-4)73-95-99(87,88)93-69-75(82)70-94-100(89,90)96-74-77(98-81(86)68-64-60-56-52-48-44-39-35-31-27-23-19-15-11-7-3)72-91-78(83)65-61-57-53-49-45-42-38-34-30-26-22-18-14-10-6-2/h23,27,34-35,38-39,75-77,82H,5-22,24-26,28-33,36-37,40-74H2,1-4H3,(H,87,88)(H,89,90)/b27-23-,38-34-,39-35-/t75-,76-,77-/m1/s1. The van der Waals surface area contributed by atoms with Crippen LogP contribution in [0.5, 0.6) is 0 Å². The van der Waals surface area contributed by atoms with E-state index in [9.17, 15) is 43.2 Å². The number of rotatable bonds is 79. The van der Waals surface area contributed by atoms with Gasteiger partial charge in [-0.25, -0.2) is 9.13 Å². The summed E-state index contributed by atoms with van der Waals surface area (Å²) in [5.74, 6) is -2.15. The van der Waals surface area contributed by atoms with Crippen LogP contribution in [0.15, 0.2) is 36.5 Å². The first kappa shape index (κ1) is 97.3. The molecule has 0 aromatic carbocycles. The van der Waals surface area contributed by atoms with Crippen LogP contribution >= 0.6 is 15.6 Å². The second-order valence-electron chi connectivity index (χ2n) is 28.1. The van der Waals surface area contributed by atoms with Crippen molar-refractivity contribution in [1.29, 1.82) is 0 Å². The number of hydrogen-bond donors (Lipinski definition) is 3. The number of aliphatic hydroxyl groups is 1. The molecule has 0 aliphatic rings. The predicted molar refractivity (Wildman–Crippen MR) is 409 cm³/mol. The Morgan fingerprint density at radius 1 is 0.280 bits per heavy atom. The van der Waals surface area contributed by atoms with Gasteiger partial charge in [0.1, 0.15) is 19.3 Å². The topological polar surface area (TPSA) is 237 Å². The van der Waals surface area contributed by atoms with E-state index >= 15 is 0 Å². The van der Waals surface area contributed by atoms with Crippen molar-refractivity contribution >= 4 is 39.5 Å². The summed E-state index contributed by atoms with van der Waals surface area (Å²) in [5, 5.41) is 10.6. The van der Waals surface area contributed by atoms with Crippen LogP contribution < -0.4 is 0 Å². The molecule has 0 saturated carbocycles. The SMILES string of the molecule is CCCCC/C=C\C/C=C\CCCCCCCC(=O)O[C@H](COC(=O)CCCCCCC/C=C\CCCCCCCC)COP(=O)(O)OC[C@H](O)COP(=O)(O)OC[C@@H](COC(=O)CCCCCCCCCCCCCCCCCCC)OC(=O)CCCCCCCCCCCCCCC. The number of unbranched alkanes of at least 4 members (excludes halogenated alkanes) is 47. The first-order chi connectivity index (χ1) is 48.7. The van der Waals surface area contributed by atoms with Gasteiger partial charge in [-0.1, -0.05) is 327 Å². The summed E-state index contributed by atoms with van der Waals surface area (Å²) in [4.78, 5) is 73.0. The van der Waals surface area contributed by atoms with Gasteiger partial charge in [-0.15, -0.1) is 0 Å². The molecule has 100 heavy (non-hydrogen) atoms. The lowest BCUT2D eigenvalue weighted by atomic mass is 10.0. The van der Waals surface area contributed by atoms with Gasteiger partial charge in [-0.05, 0) is 83.5 Å². The monoisotopic (exact) mass is 1460 g/mol. The molecule has 0 aromatic rings. The van der Waals surface area contributed by atoms with Crippen LogP contribution in [0.25, 0.3) is 0 Å². The molecule has 17 nitrogen and oxygen atoms in total. The fourth-order valence-electron chi connectivity index (χ4n) is 11.8. The maximum atomic E-state index is 13.1. The predicted octanol–water partition coefficient (Wildman–Crippen LogP) is 23.9. The molecule has 0 spiro atoms. The molecule has 3 N–H and O–H groups in total. The Bertz CT molecular complexity index is 2040. The minimum absolute atomic E-state index is 0.0835. The molecule has 0 aromatic heterocycles. The van der Waals surface area contributed by atoms with Crippen molar-refractivity contribution in [1.82, 2.24) is 0 Å². The van der Waals surface area contributed by atoms with E-state index in [1.807, 2.05) is 0 Å². The Kier molecular flexibility index (Phi) is 72.5. The van der Waals surface area contributed by atoms with Crippen molar-refractivity contribution in [2.24, 2.45) is 0 Å². The Hall–Kier alpha value is -2.72. The van der Waals surface area contributed by atoms with Crippen LogP contribution in [0, 0.1) is 0 Å². The van der Waals surface area contributed by atoms with Crippen LogP contribution in [0.4, 0.5) is 0 Å². The highest BCUT2D eigenvalue weighted by Crippen LogP contribution is 2.45. The molecule has 0 amide bonds. The molecule has 0 bridgehead atoms. The summed E-state index contributed by atoms with van der Waals surface area (Å²) >= 11 is 0. The van der Waals surface area contributed by atoms with E-state index in [2.05, 4.69) is 64.2 Å². The van der Waals surface area contributed by atoms with Crippen molar-refractivity contribution in [2.45, 2.75) is 418 Å². The van der Waals surface area contributed by atoms with Gasteiger partial charge in [0, 0.05) is 25.7 Å². The third kappa shape index (κ3) is 73.6. The first-order valence-electron chi connectivity index (χ1n) is 41.2. The van der Waals surface area contributed by atoms with Crippen molar-refractivity contribution in [3.05, 3.63) is 36.5 Å². The minimum atomic E-state index is -4.97. The molecule has 2 unspecified atom stereocenters. The largest absolute Gasteiger partial charge is 0.472 e. The Morgan fingerprint density at radius 3 is 0.770 bits per heavy atom. The number of hydrogen-bond acceptors (Lipinski definition) is 15. The molecule has 588 valence electrons. The lowest BCUT2D eigenvalue weighted by molar-refractivity contribution is -0.161. The van der Waals surface area contributed by atoms with Crippen LogP contribution in [0.3, 0.4) is 0 Å². The van der Waals surface area contributed by atoms with Gasteiger partial charge >= 0.3 is 39.5 Å². The summed E-state index contributed by atoms with van der Waals surface area (Å²) in [6.45, 7) is 4.93. The van der Waals surface area contributed by atoms with E-state index in [4.69, 9.17) is 37.0 Å². The quantitative estimate of drug-likeness (QED) is 0.0169. The molecular formula is C81H152O17P2. The van der Waals surface area contributed by atoms with E-state index in [1.165, 1.54) is 193 Å². The fourth-order valence-corrected chi connectivity index (χ4v) is 13.4. The summed E-state index contributed by atoms with van der Waals surface area (Å²) in [6, 6.07) is 0. The number of carbonyl (C=O) groups is 4. The molecule has 0 heterocycles. The number of phosphoric acid groups is 2. The molecule has 19 heteroatoms. The average Bonchev–Trinajstić information content (AvgIpc) is 0.928. The van der Waals surface area contributed by atoms with Gasteiger partial charge < -0.3 is 33.8 Å². The van der Waals surface area contributed by atoms with E-state index in [-0.39, 0.29) is 25.7 Å². The zero-order valence-electron chi connectivity index (χ0n) is 64.4. The zero-order valence-corrected chi connectivity index (χ0v) is 66.2.